The average molecular weight is 391 g/mol. The Bertz CT molecular complexity index is 666. The third kappa shape index (κ3) is 8.55. The van der Waals surface area contributed by atoms with Crippen LogP contribution in [0.2, 0.25) is 0 Å². The molecule has 0 saturated heterocycles. The van der Waals surface area contributed by atoms with Crippen LogP contribution in [0.5, 0.6) is 0 Å². The first-order valence-electron chi connectivity index (χ1n) is 8.17. The van der Waals surface area contributed by atoms with Gasteiger partial charge in [0.15, 0.2) is 5.96 Å². The molecular formula is C16H27FN4O2S2. The fourth-order valence-corrected chi connectivity index (χ4v) is 3.23. The summed E-state index contributed by atoms with van der Waals surface area (Å²) in [6.45, 7) is 5.37. The van der Waals surface area contributed by atoms with Crippen molar-refractivity contribution in [3.8, 4) is 0 Å². The number of rotatable bonds is 10. The lowest BCUT2D eigenvalue weighted by Crippen LogP contribution is -2.41. The van der Waals surface area contributed by atoms with Gasteiger partial charge in [0.05, 0.1) is 12.3 Å². The highest BCUT2D eigenvalue weighted by molar-refractivity contribution is 7.97. The molecule has 1 rings (SSSR count). The van der Waals surface area contributed by atoms with Crippen molar-refractivity contribution in [2.75, 3.05) is 31.6 Å². The standard InChI is InChI=1S/C16H27FN4O2S2/c1-4-18-16(19-8-9-21-25(22,23)5-2)20-11-13-6-7-15(17)10-14(13)12-24-3/h6-7,10,21H,4-5,8-9,11-12H2,1-3H3,(H2,18,19,20). The number of halogens is 1. The summed E-state index contributed by atoms with van der Waals surface area (Å²) in [6.07, 6.45) is 1.97. The molecule has 0 spiro atoms. The van der Waals surface area contributed by atoms with E-state index in [-0.39, 0.29) is 18.1 Å². The Kier molecular flexibility index (Phi) is 9.84. The molecule has 0 fully saturated rings. The average Bonchev–Trinajstić information content (AvgIpc) is 2.58. The van der Waals surface area contributed by atoms with Gasteiger partial charge in [-0.15, -0.1) is 0 Å². The molecule has 0 bridgehead atoms. The molecule has 25 heavy (non-hydrogen) atoms. The molecule has 142 valence electrons. The first-order valence-corrected chi connectivity index (χ1v) is 11.2. The summed E-state index contributed by atoms with van der Waals surface area (Å²) in [4.78, 5) is 4.50. The van der Waals surface area contributed by atoms with Crippen LogP contribution >= 0.6 is 11.8 Å². The molecule has 0 radical (unpaired) electrons. The molecule has 0 atom stereocenters. The Balaban J connectivity index is 2.66. The topological polar surface area (TPSA) is 82.6 Å². The second-order valence-electron chi connectivity index (χ2n) is 5.27. The fourth-order valence-electron chi connectivity index (χ4n) is 2.03. The normalized spacial score (nSPS) is 12.2. The lowest BCUT2D eigenvalue weighted by Gasteiger charge is -2.13. The maximum atomic E-state index is 13.4. The third-order valence-corrected chi connectivity index (χ3v) is 5.34. The van der Waals surface area contributed by atoms with E-state index in [1.165, 1.54) is 6.07 Å². The van der Waals surface area contributed by atoms with Gasteiger partial charge in [-0.3, -0.25) is 0 Å². The van der Waals surface area contributed by atoms with Crippen molar-refractivity contribution in [3.63, 3.8) is 0 Å². The van der Waals surface area contributed by atoms with Crippen LogP contribution in [0.1, 0.15) is 25.0 Å². The number of sulfonamides is 1. The Morgan fingerprint density at radius 3 is 2.60 bits per heavy atom. The number of thioether (sulfide) groups is 1. The summed E-state index contributed by atoms with van der Waals surface area (Å²) in [6, 6.07) is 4.74. The molecule has 0 aromatic heterocycles. The Morgan fingerprint density at radius 1 is 1.20 bits per heavy atom. The third-order valence-electron chi connectivity index (χ3n) is 3.34. The van der Waals surface area contributed by atoms with Crippen molar-refractivity contribution < 1.29 is 12.8 Å². The summed E-state index contributed by atoms with van der Waals surface area (Å²) in [5.41, 5.74) is 1.91. The maximum absolute atomic E-state index is 13.4. The number of hydrogen-bond donors (Lipinski definition) is 3. The summed E-state index contributed by atoms with van der Waals surface area (Å²) >= 11 is 1.63. The van der Waals surface area contributed by atoms with Crippen LogP contribution < -0.4 is 15.4 Å². The van der Waals surface area contributed by atoms with E-state index in [2.05, 4.69) is 20.3 Å². The summed E-state index contributed by atoms with van der Waals surface area (Å²) in [5, 5.41) is 6.19. The highest BCUT2D eigenvalue weighted by Crippen LogP contribution is 2.17. The number of guanidine groups is 1. The molecule has 9 heteroatoms. The van der Waals surface area contributed by atoms with Gasteiger partial charge in [-0.1, -0.05) is 6.07 Å². The summed E-state index contributed by atoms with van der Waals surface area (Å²) < 4.78 is 38.7. The van der Waals surface area contributed by atoms with Crippen LogP contribution in [0.3, 0.4) is 0 Å². The Hall–Kier alpha value is -1.32. The van der Waals surface area contributed by atoms with Gasteiger partial charge in [0.2, 0.25) is 10.0 Å². The molecular weight excluding hydrogens is 363 g/mol. The van der Waals surface area contributed by atoms with Crippen LogP contribution in [0.15, 0.2) is 23.2 Å². The minimum absolute atomic E-state index is 0.0595. The van der Waals surface area contributed by atoms with E-state index in [4.69, 9.17) is 0 Å². The van der Waals surface area contributed by atoms with Crippen molar-refractivity contribution in [2.45, 2.75) is 26.1 Å². The molecule has 0 saturated carbocycles. The van der Waals surface area contributed by atoms with Crippen molar-refractivity contribution >= 4 is 27.7 Å². The Labute approximate surface area is 154 Å². The van der Waals surface area contributed by atoms with Crippen LogP contribution in [0.4, 0.5) is 4.39 Å². The minimum atomic E-state index is -3.19. The summed E-state index contributed by atoms with van der Waals surface area (Å²) in [5.74, 6) is 1.14. The van der Waals surface area contributed by atoms with Crippen molar-refractivity contribution in [1.29, 1.82) is 0 Å². The molecule has 1 aromatic carbocycles. The largest absolute Gasteiger partial charge is 0.357 e. The van der Waals surface area contributed by atoms with Gasteiger partial charge in [0.25, 0.3) is 0 Å². The smallest absolute Gasteiger partial charge is 0.211 e. The van der Waals surface area contributed by atoms with Crippen LogP contribution in [0, 0.1) is 5.82 Å². The zero-order valence-corrected chi connectivity index (χ0v) is 16.6. The minimum Gasteiger partial charge on any atom is -0.357 e. The summed E-state index contributed by atoms with van der Waals surface area (Å²) in [7, 11) is -3.19. The van der Waals surface area contributed by atoms with E-state index in [1.807, 2.05) is 13.2 Å². The zero-order chi connectivity index (χ0) is 18.7. The quantitative estimate of drug-likeness (QED) is 0.322. The number of benzene rings is 1. The molecule has 0 heterocycles. The van der Waals surface area contributed by atoms with Gasteiger partial charge in [-0.05, 0) is 43.4 Å². The molecule has 1 aromatic rings. The van der Waals surface area contributed by atoms with E-state index >= 15 is 0 Å². The molecule has 3 N–H and O–H groups in total. The van der Waals surface area contributed by atoms with Crippen LogP contribution in [0.25, 0.3) is 0 Å². The highest BCUT2D eigenvalue weighted by Gasteiger charge is 2.06. The van der Waals surface area contributed by atoms with E-state index in [1.54, 1.807) is 30.8 Å². The van der Waals surface area contributed by atoms with E-state index in [9.17, 15) is 12.8 Å². The van der Waals surface area contributed by atoms with Crippen molar-refractivity contribution in [1.82, 2.24) is 15.4 Å². The number of nitrogens with zero attached hydrogens (tertiary/aromatic N) is 1. The first-order chi connectivity index (χ1) is 11.9. The second-order valence-corrected chi connectivity index (χ2v) is 8.23. The van der Waals surface area contributed by atoms with Gasteiger partial charge >= 0.3 is 0 Å². The molecule has 0 aliphatic carbocycles. The Morgan fingerprint density at radius 2 is 1.96 bits per heavy atom. The van der Waals surface area contributed by atoms with Crippen molar-refractivity contribution in [3.05, 3.63) is 35.1 Å². The van der Waals surface area contributed by atoms with Gasteiger partial charge in [0, 0.05) is 25.4 Å². The van der Waals surface area contributed by atoms with Gasteiger partial charge in [0.1, 0.15) is 5.82 Å². The maximum Gasteiger partial charge on any atom is 0.211 e. The van der Waals surface area contributed by atoms with Gasteiger partial charge < -0.3 is 10.6 Å². The monoisotopic (exact) mass is 390 g/mol. The molecule has 0 aliphatic heterocycles. The van der Waals surface area contributed by atoms with Crippen LogP contribution in [-0.4, -0.2) is 46.0 Å². The number of hydrogen-bond acceptors (Lipinski definition) is 4. The molecule has 6 nitrogen and oxygen atoms in total. The number of aliphatic imine (C=N–C) groups is 1. The van der Waals surface area contributed by atoms with Gasteiger partial charge in [-0.25, -0.2) is 22.5 Å². The zero-order valence-electron chi connectivity index (χ0n) is 14.9. The van der Waals surface area contributed by atoms with E-state index in [0.29, 0.717) is 25.6 Å². The molecule has 0 amide bonds. The van der Waals surface area contributed by atoms with E-state index < -0.39 is 10.0 Å². The molecule has 0 unspecified atom stereocenters. The highest BCUT2D eigenvalue weighted by atomic mass is 32.2. The second kappa shape index (κ2) is 11.3. The fraction of sp³-hybridized carbons (Fsp3) is 0.562. The number of nitrogens with one attached hydrogen (secondary N) is 3. The predicted molar refractivity (Wildman–Crippen MR) is 104 cm³/mol. The first kappa shape index (κ1) is 21.7. The van der Waals surface area contributed by atoms with Crippen LogP contribution in [-0.2, 0) is 22.3 Å². The van der Waals surface area contributed by atoms with E-state index in [0.717, 1.165) is 16.9 Å². The lowest BCUT2D eigenvalue weighted by molar-refractivity contribution is 0.581. The lowest BCUT2D eigenvalue weighted by atomic mass is 10.1. The van der Waals surface area contributed by atoms with Crippen molar-refractivity contribution in [2.24, 2.45) is 4.99 Å². The molecule has 0 aliphatic rings. The predicted octanol–water partition coefficient (Wildman–Crippen LogP) is 1.68. The van der Waals surface area contributed by atoms with Gasteiger partial charge in [-0.2, -0.15) is 11.8 Å². The SMILES string of the molecule is CCNC(=NCc1ccc(F)cc1CSC)NCCNS(=O)(=O)CC.